The molecule has 1 aliphatic rings. The zero-order valence-electron chi connectivity index (χ0n) is 20.3. The summed E-state index contributed by atoms with van der Waals surface area (Å²) in [5, 5.41) is 13.4. The number of amides is 1. The number of hydrogen-bond acceptors (Lipinski definition) is 6. The normalized spacial score (nSPS) is 18.0. The fraction of sp³-hybridized carbons (Fsp3) is 0.370. The Morgan fingerprint density at radius 2 is 1.61 bits per heavy atom. The van der Waals surface area contributed by atoms with Crippen LogP contribution in [0.25, 0.3) is 0 Å². The topological polar surface area (TPSA) is 100 Å². The Balaban J connectivity index is 1.55. The maximum absolute atomic E-state index is 13.2. The third-order valence-corrected chi connectivity index (χ3v) is 6.53. The number of hydrogen-bond donors (Lipinski definition) is 4. The van der Waals surface area contributed by atoms with Gasteiger partial charge in [-0.1, -0.05) is 66.2 Å². The van der Waals surface area contributed by atoms with E-state index in [0.717, 1.165) is 55.6 Å². The largest absolute Gasteiger partial charge is 0.361 e. The van der Waals surface area contributed by atoms with Crippen LogP contribution in [0.3, 0.4) is 0 Å². The molecule has 36 heavy (non-hydrogen) atoms. The van der Waals surface area contributed by atoms with Crippen LogP contribution in [-0.2, 0) is 30.8 Å². The standard InChI is InChI=1S/C27H33ClN6O2/c28-24-18-32-26-27(36)34(24)19-25(35)31-16-22-11-5-4-10-21(22)15-29-12-6-7-13-30-17-23(33-26)14-20-8-2-1-3-9-20/h1-5,8-11,18,23,29-30H,6-7,12-17,19H2,(H,31,35)(H,32,33). The summed E-state index contributed by atoms with van der Waals surface area (Å²) in [4.78, 5) is 30.2. The van der Waals surface area contributed by atoms with Gasteiger partial charge in [-0.05, 0) is 49.0 Å². The average Bonchev–Trinajstić information content (AvgIpc) is 2.89. The molecule has 1 atom stereocenters. The molecule has 8 nitrogen and oxygen atoms in total. The van der Waals surface area contributed by atoms with Crippen LogP contribution >= 0.6 is 11.6 Å². The number of nitrogens with one attached hydrogen (secondary N) is 4. The Morgan fingerprint density at radius 1 is 0.917 bits per heavy atom. The van der Waals surface area contributed by atoms with Gasteiger partial charge in [-0.3, -0.25) is 14.2 Å². The fourth-order valence-electron chi connectivity index (χ4n) is 4.28. The van der Waals surface area contributed by atoms with Crippen LogP contribution in [-0.4, -0.2) is 41.1 Å². The van der Waals surface area contributed by atoms with Crippen molar-refractivity contribution < 1.29 is 4.79 Å². The van der Waals surface area contributed by atoms with Gasteiger partial charge in [0.2, 0.25) is 5.91 Å². The molecule has 1 aliphatic heterocycles. The number of fused-ring (bicyclic) bond motifs is 3. The van der Waals surface area contributed by atoms with Crippen molar-refractivity contribution in [2.24, 2.45) is 0 Å². The summed E-state index contributed by atoms with van der Waals surface area (Å²) in [6.07, 6.45) is 4.22. The van der Waals surface area contributed by atoms with E-state index in [9.17, 15) is 9.59 Å². The lowest BCUT2D eigenvalue weighted by Gasteiger charge is -2.21. The molecule has 1 unspecified atom stereocenters. The molecule has 190 valence electrons. The third-order valence-electron chi connectivity index (χ3n) is 6.23. The number of anilines is 1. The summed E-state index contributed by atoms with van der Waals surface area (Å²) >= 11 is 6.28. The highest BCUT2D eigenvalue weighted by molar-refractivity contribution is 6.29. The molecular weight excluding hydrogens is 476 g/mol. The highest BCUT2D eigenvalue weighted by Gasteiger charge is 2.17. The van der Waals surface area contributed by atoms with Gasteiger partial charge in [0.1, 0.15) is 11.7 Å². The van der Waals surface area contributed by atoms with Crippen molar-refractivity contribution in [3.63, 3.8) is 0 Å². The van der Waals surface area contributed by atoms with E-state index < -0.39 is 5.56 Å². The zero-order chi connectivity index (χ0) is 25.2. The summed E-state index contributed by atoms with van der Waals surface area (Å²) in [5.41, 5.74) is 2.92. The summed E-state index contributed by atoms with van der Waals surface area (Å²) in [7, 11) is 0. The Kier molecular flexibility index (Phi) is 9.49. The van der Waals surface area contributed by atoms with Gasteiger partial charge < -0.3 is 21.3 Å². The van der Waals surface area contributed by atoms with E-state index in [0.29, 0.717) is 13.1 Å². The predicted octanol–water partition coefficient (Wildman–Crippen LogP) is 2.71. The van der Waals surface area contributed by atoms with E-state index >= 15 is 0 Å². The molecule has 1 amide bonds. The van der Waals surface area contributed by atoms with Crippen molar-refractivity contribution in [1.29, 1.82) is 0 Å². The first-order valence-electron chi connectivity index (χ1n) is 12.4. The quantitative estimate of drug-likeness (QED) is 0.425. The molecule has 2 aromatic carbocycles. The summed E-state index contributed by atoms with van der Waals surface area (Å²) < 4.78 is 1.25. The average molecular weight is 509 g/mol. The summed E-state index contributed by atoms with van der Waals surface area (Å²) in [6, 6.07) is 18.1. The van der Waals surface area contributed by atoms with Crippen LogP contribution in [0, 0.1) is 0 Å². The highest BCUT2D eigenvalue weighted by atomic mass is 35.5. The molecule has 4 N–H and O–H groups in total. The number of aromatic nitrogens is 2. The third kappa shape index (κ3) is 7.40. The van der Waals surface area contributed by atoms with Gasteiger partial charge in [0.05, 0.1) is 6.20 Å². The first-order valence-corrected chi connectivity index (χ1v) is 12.8. The van der Waals surface area contributed by atoms with Crippen molar-refractivity contribution in [3.8, 4) is 0 Å². The molecule has 3 aromatic rings. The van der Waals surface area contributed by atoms with Gasteiger partial charge in [-0.2, -0.15) is 0 Å². The van der Waals surface area contributed by atoms with Crippen LogP contribution < -0.4 is 26.8 Å². The maximum atomic E-state index is 13.2. The van der Waals surface area contributed by atoms with Gasteiger partial charge in [0, 0.05) is 25.7 Å². The second-order valence-corrected chi connectivity index (χ2v) is 9.37. The number of nitrogens with zero attached hydrogens (tertiary/aromatic N) is 2. The van der Waals surface area contributed by atoms with Crippen molar-refractivity contribution in [1.82, 2.24) is 25.5 Å². The van der Waals surface area contributed by atoms with Gasteiger partial charge in [-0.25, -0.2) is 4.98 Å². The Morgan fingerprint density at radius 3 is 2.39 bits per heavy atom. The van der Waals surface area contributed by atoms with E-state index in [1.807, 2.05) is 36.4 Å². The Hall–Kier alpha value is -3.20. The van der Waals surface area contributed by atoms with Crippen molar-refractivity contribution >= 4 is 23.3 Å². The Bertz CT molecular complexity index is 1200. The fourth-order valence-corrected chi connectivity index (χ4v) is 4.46. The monoisotopic (exact) mass is 508 g/mol. The lowest BCUT2D eigenvalue weighted by atomic mass is 10.1. The minimum atomic E-state index is -0.418. The van der Waals surface area contributed by atoms with E-state index in [1.165, 1.54) is 10.8 Å². The van der Waals surface area contributed by atoms with Gasteiger partial charge in [-0.15, -0.1) is 0 Å². The first kappa shape index (κ1) is 25.9. The van der Waals surface area contributed by atoms with Crippen LogP contribution in [0.15, 0.2) is 65.6 Å². The lowest BCUT2D eigenvalue weighted by Crippen LogP contribution is -2.39. The molecule has 1 aromatic heterocycles. The van der Waals surface area contributed by atoms with Gasteiger partial charge in [0.15, 0.2) is 5.82 Å². The number of rotatable bonds is 2. The van der Waals surface area contributed by atoms with Crippen LogP contribution in [0.4, 0.5) is 5.82 Å². The maximum Gasteiger partial charge on any atom is 0.294 e. The van der Waals surface area contributed by atoms with Crippen molar-refractivity contribution in [2.45, 2.75) is 44.9 Å². The molecule has 0 fully saturated rings. The van der Waals surface area contributed by atoms with E-state index in [1.54, 1.807) is 0 Å². The molecular formula is C27H33ClN6O2. The minimum Gasteiger partial charge on any atom is -0.361 e. The van der Waals surface area contributed by atoms with E-state index in [-0.39, 0.29) is 29.5 Å². The number of benzene rings is 2. The summed E-state index contributed by atoms with van der Waals surface area (Å²) in [5.74, 6) is -0.110. The molecule has 0 saturated carbocycles. The van der Waals surface area contributed by atoms with E-state index in [2.05, 4.69) is 44.5 Å². The minimum absolute atomic E-state index is 0.0641. The second-order valence-electron chi connectivity index (χ2n) is 8.99. The van der Waals surface area contributed by atoms with Crippen molar-refractivity contribution in [3.05, 3.63) is 93.0 Å². The highest BCUT2D eigenvalue weighted by Crippen LogP contribution is 2.11. The molecule has 0 radical (unpaired) electrons. The summed E-state index contributed by atoms with van der Waals surface area (Å²) in [6.45, 7) is 3.39. The van der Waals surface area contributed by atoms with Gasteiger partial charge in [0.25, 0.3) is 5.56 Å². The Labute approximate surface area is 216 Å². The van der Waals surface area contributed by atoms with E-state index in [4.69, 9.17) is 11.6 Å². The molecule has 0 aliphatic carbocycles. The lowest BCUT2D eigenvalue weighted by molar-refractivity contribution is -0.121. The van der Waals surface area contributed by atoms with Crippen LogP contribution in [0.2, 0.25) is 5.15 Å². The smallest absolute Gasteiger partial charge is 0.294 e. The molecule has 4 rings (SSSR count). The SMILES string of the molecule is O=C1Cn2c(Cl)cnc(c2=O)NC(Cc2ccccc2)CNCCCCNCc2ccccc2CN1. The number of carbonyl (C=O) groups excluding carboxylic acids is 1. The zero-order valence-corrected chi connectivity index (χ0v) is 21.1. The van der Waals surface area contributed by atoms with Crippen LogP contribution in [0.1, 0.15) is 29.5 Å². The second kappa shape index (κ2) is 13.2. The molecule has 0 spiro atoms. The number of halogens is 1. The predicted molar refractivity (Wildman–Crippen MR) is 143 cm³/mol. The van der Waals surface area contributed by atoms with Crippen LogP contribution in [0.5, 0.6) is 0 Å². The number of carbonyl (C=O) groups is 1. The molecule has 0 saturated heterocycles. The molecule has 2 heterocycles. The first-order chi connectivity index (χ1) is 17.6. The van der Waals surface area contributed by atoms with Crippen molar-refractivity contribution in [2.75, 3.05) is 25.0 Å². The molecule has 9 heteroatoms. The molecule has 2 bridgehead atoms. The van der Waals surface area contributed by atoms with Gasteiger partial charge >= 0.3 is 0 Å².